The molecular formula is C9H17NO7S. The second kappa shape index (κ2) is 7.29. The van der Waals surface area contributed by atoms with E-state index >= 15 is 0 Å². The molecule has 9 heteroatoms. The number of aliphatic carboxylic acids is 1. The van der Waals surface area contributed by atoms with Crippen LogP contribution in [0.15, 0.2) is 0 Å². The molecule has 8 nitrogen and oxygen atoms in total. The van der Waals surface area contributed by atoms with Gasteiger partial charge in [0.15, 0.2) is 0 Å². The predicted octanol–water partition coefficient (Wildman–Crippen LogP) is -1.09. The molecule has 0 rings (SSSR count). The van der Waals surface area contributed by atoms with Gasteiger partial charge in [0, 0.05) is 0 Å². The molecule has 0 amide bonds. The van der Waals surface area contributed by atoms with Gasteiger partial charge in [0.05, 0.1) is 26.0 Å². The maximum atomic E-state index is 11.2. The Hall–Kier alpha value is -1.19. The lowest BCUT2D eigenvalue weighted by Crippen LogP contribution is -2.45. The number of carbonyl (C=O) groups is 2. The SMILES string of the molecule is CCOC(=O)CN(C)C(COS(C)(=O)=O)C(=O)O. The van der Waals surface area contributed by atoms with Crippen LogP contribution in [0.5, 0.6) is 0 Å². The largest absolute Gasteiger partial charge is 0.480 e. The first-order valence-corrected chi connectivity index (χ1v) is 6.92. The minimum atomic E-state index is -3.73. The molecule has 0 fully saturated rings. The van der Waals surface area contributed by atoms with E-state index in [-0.39, 0.29) is 13.2 Å². The van der Waals surface area contributed by atoms with Crippen LogP contribution in [0, 0.1) is 0 Å². The number of hydrogen-bond donors (Lipinski definition) is 1. The minimum absolute atomic E-state index is 0.185. The van der Waals surface area contributed by atoms with Crippen molar-refractivity contribution in [2.24, 2.45) is 0 Å². The number of carboxylic acids is 1. The number of ether oxygens (including phenoxy) is 1. The number of hydrogen-bond acceptors (Lipinski definition) is 7. The van der Waals surface area contributed by atoms with E-state index in [1.54, 1.807) is 6.92 Å². The van der Waals surface area contributed by atoms with Crippen molar-refractivity contribution in [3.05, 3.63) is 0 Å². The zero-order valence-electron chi connectivity index (χ0n) is 10.5. The lowest BCUT2D eigenvalue weighted by atomic mass is 10.3. The highest BCUT2D eigenvalue weighted by molar-refractivity contribution is 7.85. The zero-order valence-corrected chi connectivity index (χ0v) is 11.3. The Balaban J connectivity index is 4.50. The smallest absolute Gasteiger partial charge is 0.323 e. The topological polar surface area (TPSA) is 110 Å². The number of carbonyl (C=O) groups excluding carboxylic acids is 1. The molecule has 0 bridgehead atoms. The summed E-state index contributed by atoms with van der Waals surface area (Å²) in [6, 6.07) is -1.25. The monoisotopic (exact) mass is 283 g/mol. The molecule has 0 aliphatic heterocycles. The Morgan fingerprint density at radius 2 is 1.94 bits per heavy atom. The molecular weight excluding hydrogens is 266 g/mol. The second-order valence-corrected chi connectivity index (χ2v) is 5.21. The molecule has 0 aromatic carbocycles. The molecule has 0 spiro atoms. The number of rotatable bonds is 8. The summed E-state index contributed by atoms with van der Waals surface area (Å²) in [4.78, 5) is 23.2. The normalized spacial score (nSPS) is 13.3. The molecule has 0 heterocycles. The molecule has 0 saturated heterocycles. The Kier molecular flexibility index (Phi) is 6.81. The van der Waals surface area contributed by atoms with Gasteiger partial charge in [0.25, 0.3) is 10.1 Å². The van der Waals surface area contributed by atoms with Gasteiger partial charge in [-0.1, -0.05) is 0 Å². The summed E-state index contributed by atoms with van der Waals surface area (Å²) in [7, 11) is -2.37. The van der Waals surface area contributed by atoms with E-state index in [0.29, 0.717) is 0 Å². The van der Waals surface area contributed by atoms with E-state index in [9.17, 15) is 18.0 Å². The first-order valence-electron chi connectivity index (χ1n) is 5.10. The van der Waals surface area contributed by atoms with Crippen molar-refractivity contribution in [2.45, 2.75) is 13.0 Å². The summed E-state index contributed by atoms with van der Waals surface area (Å²) in [5.74, 6) is -1.88. The van der Waals surface area contributed by atoms with Gasteiger partial charge in [-0.25, -0.2) is 0 Å². The van der Waals surface area contributed by atoms with Crippen molar-refractivity contribution in [3.8, 4) is 0 Å². The number of esters is 1. The molecule has 0 saturated carbocycles. The predicted molar refractivity (Wildman–Crippen MR) is 61.5 cm³/mol. The molecule has 0 aliphatic rings. The van der Waals surface area contributed by atoms with Crippen LogP contribution in [0.25, 0.3) is 0 Å². The molecule has 0 radical (unpaired) electrons. The number of nitrogens with zero attached hydrogens (tertiary/aromatic N) is 1. The van der Waals surface area contributed by atoms with Crippen LogP contribution in [0.2, 0.25) is 0 Å². The van der Waals surface area contributed by atoms with Crippen LogP contribution in [-0.4, -0.2) is 69.5 Å². The van der Waals surface area contributed by atoms with Crippen LogP contribution in [0.1, 0.15) is 6.92 Å². The van der Waals surface area contributed by atoms with Crippen molar-refractivity contribution in [3.63, 3.8) is 0 Å². The van der Waals surface area contributed by atoms with Crippen molar-refractivity contribution >= 4 is 22.1 Å². The Morgan fingerprint density at radius 1 is 1.39 bits per heavy atom. The van der Waals surface area contributed by atoms with Crippen molar-refractivity contribution < 1.29 is 32.0 Å². The van der Waals surface area contributed by atoms with Gasteiger partial charge in [-0.2, -0.15) is 8.42 Å². The van der Waals surface area contributed by atoms with E-state index < -0.39 is 34.7 Å². The van der Waals surface area contributed by atoms with E-state index in [2.05, 4.69) is 8.92 Å². The third kappa shape index (κ3) is 7.20. The summed E-state index contributed by atoms with van der Waals surface area (Å²) >= 11 is 0. The molecule has 1 N–H and O–H groups in total. The molecule has 0 aromatic rings. The van der Waals surface area contributed by atoms with E-state index in [0.717, 1.165) is 11.2 Å². The van der Waals surface area contributed by atoms with Gasteiger partial charge in [0.2, 0.25) is 0 Å². The van der Waals surface area contributed by atoms with Crippen molar-refractivity contribution in [1.82, 2.24) is 4.90 Å². The molecule has 1 unspecified atom stereocenters. The standard InChI is InChI=1S/C9H17NO7S/c1-4-16-8(11)5-10(2)7(9(12)13)6-17-18(3,14)15/h7H,4-6H2,1-3H3,(H,12,13). The molecule has 1 atom stereocenters. The van der Waals surface area contributed by atoms with Gasteiger partial charge in [-0.3, -0.25) is 18.7 Å². The fourth-order valence-corrected chi connectivity index (χ4v) is 1.47. The first-order chi connectivity index (χ1) is 8.17. The summed E-state index contributed by atoms with van der Waals surface area (Å²) in [5.41, 5.74) is 0. The lowest BCUT2D eigenvalue weighted by Gasteiger charge is -2.22. The second-order valence-electron chi connectivity index (χ2n) is 3.56. The fourth-order valence-electron chi connectivity index (χ4n) is 1.10. The van der Waals surface area contributed by atoms with Crippen molar-refractivity contribution in [1.29, 1.82) is 0 Å². The maximum absolute atomic E-state index is 11.2. The quantitative estimate of drug-likeness (QED) is 0.442. The van der Waals surface area contributed by atoms with Crippen LogP contribution in [0.4, 0.5) is 0 Å². The highest BCUT2D eigenvalue weighted by Gasteiger charge is 2.26. The Labute approximate surface area is 106 Å². The first kappa shape index (κ1) is 16.8. The third-order valence-electron chi connectivity index (χ3n) is 1.94. The minimum Gasteiger partial charge on any atom is -0.480 e. The molecule has 0 aliphatic carbocycles. The van der Waals surface area contributed by atoms with Gasteiger partial charge >= 0.3 is 11.9 Å². The average molecular weight is 283 g/mol. The fraction of sp³-hybridized carbons (Fsp3) is 0.778. The van der Waals surface area contributed by atoms with Crippen LogP contribution < -0.4 is 0 Å². The van der Waals surface area contributed by atoms with Gasteiger partial charge in [-0.05, 0) is 14.0 Å². The Bertz CT molecular complexity index is 392. The molecule has 106 valence electrons. The van der Waals surface area contributed by atoms with Crippen LogP contribution in [-0.2, 0) is 28.6 Å². The van der Waals surface area contributed by atoms with E-state index in [1.165, 1.54) is 7.05 Å². The summed E-state index contributed by atoms with van der Waals surface area (Å²) in [5, 5.41) is 8.91. The highest BCUT2D eigenvalue weighted by atomic mass is 32.2. The van der Waals surface area contributed by atoms with Crippen molar-refractivity contribution in [2.75, 3.05) is 33.1 Å². The van der Waals surface area contributed by atoms with Crippen LogP contribution in [0.3, 0.4) is 0 Å². The molecule has 18 heavy (non-hydrogen) atoms. The zero-order chi connectivity index (χ0) is 14.3. The average Bonchev–Trinajstić information content (AvgIpc) is 2.15. The van der Waals surface area contributed by atoms with Gasteiger partial charge < -0.3 is 9.84 Å². The molecule has 0 aromatic heterocycles. The third-order valence-corrected chi connectivity index (χ3v) is 2.51. The van der Waals surface area contributed by atoms with E-state index in [1.807, 2.05) is 0 Å². The van der Waals surface area contributed by atoms with Gasteiger partial charge in [0.1, 0.15) is 6.04 Å². The highest BCUT2D eigenvalue weighted by Crippen LogP contribution is 2.01. The maximum Gasteiger partial charge on any atom is 0.323 e. The number of carboxylic acid groups (broad SMARTS) is 1. The van der Waals surface area contributed by atoms with E-state index in [4.69, 9.17) is 5.11 Å². The van der Waals surface area contributed by atoms with Gasteiger partial charge in [-0.15, -0.1) is 0 Å². The number of likely N-dealkylation sites (N-methyl/N-ethyl adjacent to an activating group) is 1. The lowest BCUT2D eigenvalue weighted by molar-refractivity contribution is -0.148. The van der Waals surface area contributed by atoms with Crippen LogP contribution >= 0.6 is 0 Å². The Morgan fingerprint density at radius 3 is 2.33 bits per heavy atom. The summed E-state index contributed by atoms with van der Waals surface area (Å²) < 4.78 is 30.6. The summed E-state index contributed by atoms with van der Waals surface area (Å²) in [6.07, 6.45) is 0.817. The summed E-state index contributed by atoms with van der Waals surface area (Å²) in [6.45, 7) is 0.978.